The molecular weight excluding hydrogens is 350 g/mol. The largest absolute Gasteiger partial charge is 0.490 e. The molecule has 0 aliphatic carbocycles. The maximum Gasteiger partial charge on any atom is 0.335 e. The summed E-state index contributed by atoms with van der Waals surface area (Å²) in [6, 6.07) is 3.48. The van der Waals surface area contributed by atoms with Crippen LogP contribution in [-0.2, 0) is 9.59 Å². The first kappa shape index (κ1) is 18.8. The van der Waals surface area contributed by atoms with Gasteiger partial charge in [0.25, 0.3) is 11.8 Å². The third-order valence-corrected chi connectivity index (χ3v) is 3.10. The fraction of sp³-hybridized carbons (Fsp3) is 0.231. The summed E-state index contributed by atoms with van der Waals surface area (Å²) in [5.74, 6) is -1.11. The van der Waals surface area contributed by atoms with Gasteiger partial charge in [-0.05, 0) is 12.1 Å². The third-order valence-electron chi connectivity index (χ3n) is 3.10. The first-order chi connectivity index (χ1) is 12.4. The highest BCUT2D eigenvalue weighted by atomic mass is 16.6. The average Bonchev–Trinajstić information content (AvgIpc) is 2.60. The number of hydrazine groups is 1. The van der Waals surface area contributed by atoms with Gasteiger partial charge in [0.15, 0.2) is 11.9 Å². The first-order valence-electron chi connectivity index (χ1n) is 7.15. The maximum absolute atomic E-state index is 11.7. The Balaban J connectivity index is 1.85. The molecule has 1 unspecified atom stereocenters. The lowest BCUT2D eigenvalue weighted by Crippen LogP contribution is -2.67. The second kappa shape index (κ2) is 8.50. The number of ether oxygens (including phenoxy) is 1. The zero-order valence-electron chi connectivity index (χ0n) is 13.4. The summed E-state index contributed by atoms with van der Waals surface area (Å²) in [6.07, 6.45) is 0.238. The van der Waals surface area contributed by atoms with E-state index in [0.717, 1.165) is 0 Å². The van der Waals surface area contributed by atoms with E-state index in [9.17, 15) is 24.5 Å². The second-order valence-electron chi connectivity index (χ2n) is 4.88. The van der Waals surface area contributed by atoms with Gasteiger partial charge in [-0.15, -0.1) is 0 Å². The van der Waals surface area contributed by atoms with Gasteiger partial charge in [-0.1, -0.05) is 0 Å². The molecule has 2 rings (SSSR count). The quantitative estimate of drug-likeness (QED) is 0.216. The number of nitrogens with zero attached hydrogens (tertiary/aromatic N) is 2. The van der Waals surface area contributed by atoms with Gasteiger partial charge in [-0.25, -0.2) is 15.6 Å². The van der Waals surface area contributed by atoms with E-state index in [2.05, 4.69) is 26.7 Å². The van der Waals surface area contributed by atoms with Crippen LogP contribution in [-0.4, -0.2) is 48.8 Å². The van der Waals surface area contributed by atoms with Crippen molar-refractivity contribution in [3.8, 4) is 5.75 Å². The van der Waals surface area contributed by atoms with Gasteiger partial charge in [0.1, 0.15) is 0 Å². The van der Waals surface area contributed by atoms with Crippen molar-refractivity contribution in [2.45, 2.75) is 6.17 Å². The molecule has 0 aromatic heterocycles. The van der Waals surface area contributed by atoms with Crippen molar-refractivity contribution >= 4 is 29.7 Å². The number of hydrazone groups is 1. The van der Waals surface area contributed by atoms with Crippen LogP contribution in [0.25, 0.3) is 0 Å². The Kier molecular flexibility index (Phi) is 6.13. The lowest BCUT2D eigenvalue weighted by Gasteiger charge is -2.23. The van der Waals surface area contributed by atoms with Crippen molar-refractivity contribution in [3.05, 3.63) is 33.9 Å². The Morgan fingerprint density at radius 1 is 1.46 bits per heavy atom. The number of imide groups is 1. The van der Waals surface area contributed by atoms with Crippen LogP contribution in [0.3, 0.4) is 0 Å². The smallest absolute Gasteiger partial charge is 0.335 e. The number of nitrogens with one attached hydrogen (secondary N) is 5. The number of nitro groups is 1. The molecule has 0 radical (unpaired) electrons. The number of rotatable bonds is 7. The Morgan fingerprint density at radius 3 is 2.88 bits per heavy atom. The molecule has 13 nitrogen and oxygen atoms in total. The van der Waals surface area contributed by atoms with E-state index in [1.165, 1.54) is 31.5 Å². The van der Waals surface area contributed by atoms with Crippen LogP contribution in [0.15, 0.2) is 23.3 Å². The number of nitro benzene ring substituents is 1. The molecule has 26 heavy (non-hydrogen) atoms. The number of hydrogen-bond donors (Lipinski definition) is 5. The molecule has 1 aliphatic rings. The Hall–Kier alpha value is -3.58. The van der Waals surface area contributed by atoms with Gasteiger partial charge in [0.2, 0.25) is 0 Å². The summed E-state index contributed by atoms with van der Waals surface area (Å²) < 4.78 is 4.88. The van der Waals surface area contributed by atoms with Gasteiger partial charge in [-0.3, -0.25) is 35.8 Å². The minimum absolute atomic E-state index is 0.103. The first-order valence-corrected chi connectivity index (χ1v) is 7.15. The van der Waals surface area contributed by atoms with Gasteiger partial charge >= 0.3 is 11.7 Å². The lowest BCUT2D eigenvalue weighted by molar-refractivity contribution is -0.385. The van der Waals surface area contributed by atoms with Crippen LogP contribution < -0.4 is 31.6 Å². The van der Waals surface area contributed by atoms with Crippen molar-refractivity contribution in [2.24, 2.45) is 5.10 Å². The van der Waals surface area contributed by atoms with Gasteiger partial charge in [0.05, 0.1) is 24.8 Å². The van der Waals surface area contributed by atoms with E-state index in [1.54, 1.807) is 0 Å². The Morgan fingerprint density at radius 2 is 2.23 bits per heavy atom. The molecule has 1 heterocycles. The number of amides is 4. The van der Waals surface area contributed by atoms with E-state index in [-0.39, 0.29) is 18.0 Å². The summed E-state index contributed by atoms with van der Waals surface area (Å²) in [6.45, 7) is -0.277. The molecule has 0 spiro atoms. The number of benzene rings is 1. The topological polar surface area (TPSA) is 176 Å². The van der Waals surface area contributed by atoms with Crippen molar-refractivity contribution in [1.82, 2.24) is 26.9 Å². The van der Waals surface area contributed by atoms with Crippen LogP contribution >= 0.6 is 0 Å². The minimum atomic E-state index is -0.980. The van der Waals surface area contributed by atoms with Crippen molar-refractivity contribution in [3.63, 3.8) is 0 Å². The lowest BCUT2D eigenvalue weighted by atomic mass is 10.2. The minimum Gasteiger partial charge on any atom is -0.490 e. The summed E-state index contributed by atoms with van der Waals surface area (Å²) >= 11 is 0. The molecule has 0 saturated carbocycles. The SMILES string of the molecule is COc1ccc(/C=N/NC(=O)CNC2NNC(=O)NC2=O)cc1[N+](=O)[O-]. The number of urea groups is 1. The van der Waals surface area contributed by atoms with Crippen molar-refractivity contribution in [2.75, 3.05) is 13.7 Å². The zero-order valence-corrected chi connectivity index (χ0v) is 13.4. The summed E-state index contributed by atoms with van der Waals surface area (Å²) in [5, 5.41) is 19.2. The fourth-order valence-corrected chi connectivity index (χ4v) is 1.91. The molecule has 1 aliphatic heterocycles. The van der Waals surface area contributed by atoms with Crippen LogP contribution in [0.2, 0.25) is 0 Å². The summed E-state index contributed by atoms with van der Waals surface area (Å²) in [7, 11) is 1.32. The molecule has 1 fully saturated rings. The molecule has 5 N–H and O–H groups in total. The Bertz CT molecular complexity index is 765. The van der Waals surface area contributed by atoms with E-state index >= 15 is 0 Å². The summed E-state index contributed by atoms with van der Waals surface area (Å²) in [5.41, 5.74) is 6.86. The zero-order chi connectivity index (χ0) is 19.1. The Labute approximate surface area is 146 Å². The average molecular weight is 365 g/mol. The van der Waals surface area contributed by atoms with E-state index in [0.29, 0.717) is 5.56 Å². The number of methoxy groups -OCH3 is 1. The monoisotopic (exact) mass is 365 g/mol. The van der Waals surface area contributed by atoms with Crippen molar-refractivity contribution in [1.29, 1.82) is 0 Å². The highest BCUT2D eigenvalue weighted by molar-refractivity contribution is 5.98. The van der Waals surface area contributed by atoms with Crippen LogP contribution in [0, 0.1) is 10.1 Å². The molecule has 1 aromatic carbocycles. The number of hydrogen-bond acceptors (Lipinski definition) is 9. The van der Waals surface area contributed by atoms with Crippen LogP contribution in [0.5, 0.6) is 5.75 Å². The number of carbonyl (C=O) groups excluding carboxylic acids is 3. The molecular formula is C13H15N7O6. The van der Waals surface area contributed by atoms with Crippen LogP contribution in [0.1, 0.15) is 5.56 Å². The van der Waals surface area contributed by atoms with E-state index in [4.69, 9.17) is 4.74 Å². The highest BCUT2D eigenvalue weighted by Gasteiger charge is 2.25. The van der Waals surface area contributed by atoms with E-state index < -0.39 is 28.9 Å². The van der Waals surface area contributed by atoms with E-state index in [1.807, 2.05) is 5.32 Å². The normalized spacial score (nSPS) is 16.7. The second-order valence-corrected chi connectivity index (χ2v) is 4.88. The molecule has 4 amide bonds. The predicted molar refractivity (Wildman–Crippen MR) is 87.0 cm³/mol. The molecule has 1 aromatic rings. The van der Waals surface area contributed by atoms with Gasteiger partial charge in [-0.2, -0.15) is 5.10 Å². The molecule has 1 saturated heterocycles. The van der Waals surface area contributed by atoms with Gasteiger partial charge in [0, 0.05) is 11.6 Å². The predicted octanol–water partition coefficient (Wildman–Crippen LogP) is -1.69. The standard InChI is InChI=1S/C13H15N7O6/c1-26-9-3-2-7(4-8(9)20(24)25)5-15-17-10(21)6-14-11-12(22)16-13(23)19-18-11/h2-5,11,14,18H,6H2,1H3,(H,17,21)(H2,16,19,22,23)/b15-5+. The molecule has 1 atom stereocenters. The highest BCUT2D eigenvalue weighted by Crippen LogP contribution is 2.26. The van der Waals surface area contributed by atoms with Gasteiger partial charge < -0.3 is 4.74 Å². The number of carbonyl (C=O) groups is 3. The van der Waals surface area contributed by atoms with Crippen molar-refractivity contribution < 1.29 is 24.0 Å². The maximum atomic E-state index is 11.7. The molecule has 138 valence electrons. The molecule has 0 bridgehead atoms. The third kappa shape index (κ3) is 4.96. The molecule has 13 heteroatoms. The summed E-state index contributed by atoms with van der Waals surface area (Å²) in [4.78, 5) is 44.3. The fourth-order valence-electron chi connectivity index (χ4n) is 1.91. The van der Waals surface area contributed by atoms with Crippen LogP contribution in [0.4, 0.5) is 10.5 Å².